The van der Waals surface area contributed by atoms with Crippen molar-refractivity contribution in [2.75, 3.05) is 27.3 Å². The smallest absolute Gasteiger partial charge is 0.338 e. The minimum Gasteiger partial charge on any atom is -0.490 e. The van der Waals surface area contributed by atoms with E-state index in [-0.39, 0.29) is 23.7 Å². The lowest BCUT2D eigenvalue weighted by Crippen LogP contribution is -2.23. The number of carbonyl (C=O) groups excluding carboxylic acids is 1. The largest absolute Gasteiger partial charge is 0.490 e. The van der Waals surface area contributed by atoms with Crippen molar-refractivity contribution in [1.82, 2.24) is 4.31 Å². The Balaban J connectivity index is 1.98. The summed E-state index contributed by atoms with van der Waals surface area (Å²) >= 11 is 0. The van der Waals surface area contributed by atoms with Gasteiger partial charge in [0.25, 0.3) is 0 Å². The minimum absolute atomic E-state index is 0.00291. The number of sulfonamides is 1. The highest BCUT2D eigenvalue weighted by atomic mass is 32.2. The molecule has 0 atom stereocenters. The van der Waals surface area contributed by atoms with E-state index in [0.717, 1.165) is 4.31 Å². The Hall–Kier alpha value is -2.89. The van der Waals surface area contributed by atoms with Crippen LogP contribution in [0.15, 0.2) is 47.4 Å². The van der Waals surface area contributed by atoms with E-state index in [2.05, 4.69) is 0 Å². The fraction of sp³-hybridized carbons (Fsp3) is 0.263. The molecule has 0 spiro atoms. The fourth-order valence-corrected chi connectivity index (χ4v) is 3.12. The third-order valence-corrected chi connectivity index (χ3v) is 5.59. The second-order valence-corrected chi connectivity index (χ2v) is 8.04. The molecule has 0 aliphatic heterocycles. The topological polar surface area (TPSA) is 96.7 Å². The molecule has 0 unspecified atom stereocenters. The Bertz CT molecular complexity index is 961. The molecule has 0 N–H and O–H groups in total. The van der Waals surface area contributed by atoms with Crippen molar-refractivity contribution >= 4 is 16.0 Å². The van der Waals surface area contributed by atoms with E-state index >= 15 is 0 Å². The van der Waals surface area contributed by atoms with Crippen LogP contribution in [-0.4, -0.2) is 46.0 Å². The predicted molar refractivity (Wildman–Crippen MR) is 99.0 cm³/mol. The van der Waals surface area contributed by atoms with Gasteiger partial charge in [0.05, 0.1) is 22.1 Å². The number of benzene rings is 2. The molecule has 0 aliphatic carbocycles. The van der Waals surface area contributed by atoms with Gasteiger partial charge in [0.1, 0.15) is 19.0 Å². The molecule has 0 aromatic heterocycles. The summed E-state index contributed by atoms with van der Waals surface area (Å²) in [4.78, 5) is 12.3. The zero-order valence-corrected chi connectivity index (χ0v) is 16.1. The first-order valence-electron chi connectivity index (χ1n) is 8.09. The lowest BCUT2D eigenvalue weighted by Gasteiger charge is -2.13. The molecule has 2 aromatic rings. The second-order valence-electron chi connectivity index (χ2n) is 5.88. The van der Waals surface area contributed by atoms with Gasteiger partial charge in [-0.05, 0) is 48.9 Å². The normalized spacial score (nSPS) is 11.1. The standard InChI is InChI=1S/C19H20N2O5S/c1-14-4-9-17(27(23,24)21(2)3)12-18(14)19(22)26-11-10-25-16-7-5-15(13-20)6-8-16/h4-9,12H,10-11H2,1-3H3. The Labute approximate surface area is 158 Å². The molecule has 0 bridgehead atoms. The summed E-state index contributed by atoms with van der Waals surface area (Å²) in [5.41, 5.74) is 1.33. The van der Waals surface area contributed by atoms with Crippen LogP contribution in [0.5, 0.6) is 5.75 Å². The van der Waals surface area contributed by atoms with Crippen molar-refractivity contribution in [2.45, 2.75) is 11.8 Å². The zero-order chi connectivity index (χ0) is 20.0. The van der Waals surface area contributed by atoms with Crippen LogP contribution in [0.2, 0.25) is 0 Å². The molecule has 0 aliphatic rings. The average molecular weight is 388 g/mol. The maximum atomic E-state index is 12.3. The molecule has 8 heteroatoms. The predicted octanol–water partition coefficient (Wildman–Crippen LogP) is 2.35. The number of hydrogen-bond donors (Lipinski definition) is 0. The zero-order valence-electron chi connectivity index (χ0n) is 15.3. The van der Waals surface area contributed by atoms with E-state index in [1.807, 2.05) is 6.07 Å². The molecule has 0 fully saturated rings. The highest BCUT2D eigenvalue weighted by Crippen LogP contribution is 2.19. The van der Waals surface area contributed by atoms with Crippen molar-refractivity contribution in [3.8, 4) is 11.8 Å². The van der Waals surface area contributed by atoms with E-state index in [4.69, 9.17) is 14.7 Å². The lowest BCUT2D eigenvalue weighted by atomic mass is 10.1. The van der Waals surface area contributed by atoms with Gasteiger partial charge in [-0.3, -0.25) is 0 Å². The van der Waals surface area contributed by atoms with Gasteiger partial charge in [0, 0.05) is 14.1 Å². The Morgan fingerprint density at radius 2 is 1.78 bits per heavy atom. The molecular formula is C19H20N2O5S. The summed E-state index contributed by atoms with van der Waals surface area (Å²) < 4.78 is 36.1. The van der Waals surface area contributed by atoms with Crippen molar-refractivity contribution in [3.05, 3.63) is 59.2 Å². The number of ether oxygens (including phenoxy) is 2. The summed E-state index contributed by atoms with van der Waals surface area (Å²) in [6.45, 7) is 1.84. The molecule has 7 nitrogen and oxygen atoms in total. The molecule has 0 saturated carbocycles. The molecule has 0 radical (unpaired) electrons. The minimum atomic E-state index is -3.64. The van der Waals surface area contributed by atoms with Gasteiger partial charge in [-0.1, -0.05) is 6.07 Å². The van der Waals surface area contributed by atoms with Crippen LogP contribution >= 0.6 is 0 Å². The van der Waals surface area contributed by atoms with Crippen LogP contribution in [0.25, 0.3) is 0 Å². The van der Waals surface area contributed by atoms with Gasteiger partial charge in [0.2, 0.25) is 10.0 Å². The quantitative estimate of drug-likeness (QED) is 0.534. The highest BCUT2D eigenvalue weighted by Gasteiger charge is 2.20. The Morgan fingerprint density at radius 3 is 2.37 bits per heavy atom. The Kier molecular flexibility index (Phi) is 6.55. The van der Waals surface area contributed by atoms with E-state index in [1.54, 1.807) is 37.3 Å². The first-order chi connectivity index (χ1) is 12.8. The lowest BCUT2D eigenvalue weighted by molar-refractivity contribution is 0.0449. The van der Waals surface area contributed by atoms with Crippen molar-refractivity contribution in [3.63, 3.8) is 0 Å². The number of nitrogens with zero attached hydrogens (tertiary/aromatic N) is 2. The summed E-state index contributed by atoms with van der Waals surface area (Å²) in [7, 11) is -0.790. The van der Waals surface area contributed by atoms with E-state index in [1.165, 1.54) is 26.2 Å². The van der Waals surface area contributed by atoms with Crippen molar-refractivity contribution < 1.29 is 22.7 Å². The van der Waals surface area contributed by atoms with Gasteiger partial charge in [-0.25, -0.2) is 17.5 Å². The molecule has 2 rings (SSSR count). The fourth-order valence-electron chi connectivity index (χ4n) is 2.19. The highest BCUT2D eigenvalue weighted by molar-refractivity contribution is 7.89. The van der Waals surface area contributed by atoms with Gasteiger partial charge in [0.15, 0.2) is 0 Å². The van der Waals surface area contributed by atoms with Crippen LogP contribution in [0.3, 0.4) is 0 Å². The van der Waals surface area contributed by atoms with Crippen LogP contribution in [-0.2, 0) is 14.8 Å². The number of esters is 1. The Morgan fingerprint density at radius 1 is 1.11 bits per heavy atom. The van der Waals surface area contributed by atoms with Gasteiger partial charge in [-0.2, -0.15) is 5.26 Å². The number of hydrogen-bond acceptors (Lipinski definition) is 6. The summed E-state index contributed by atoms with van der Waals surface area (Å²) in [5.74, 6) is -0.0629. The number of rotatable bonds is 7. The first kappa shape index (κ1) is 20.4. The second kappa shape index (κ2) is 8.66. The van der Waals surface area contributed by atoms with Crippen LogP contribution < -0.4 is 4.74 Å². The van der Waals surface area contributed by atoms with Crippen LogP contribution in [0.1, 0.15) is 21.5 Å². The third-order valence-electron chi connectivity index (χ3n) is 3.78. The van der Waals surface area contributed by atoms with Crippen molar-refractivity contribution in [1.29, 1.82) is 5.26 Å². The van der Waals surface area contributed by atoms with Crippen LogP contribution in [0, 0.1) is 18.3 Å². The van der Waals surface area contributed by atoms with Crippen LogP contribution in [0.4, 0.5) is 0 Å². The average Bonchev–Trinajstić information content (AvgIpc) is 2.65. The maximum Gasteiger partial charge on any atom is 0.338 e. The molecule has 27 heavy (non-hydrogen) atoms. The first-order valence-corrected chi connectivity index (χ1v) is 9.53. The van der Waals surface area contributed by atoms with Gasteiger partial charge < -0.3 is 9.47 Å². The molecular weight excluding hydrogens is 368 g/mol. The van der Waals surface area contributed by atoms with E-state index in [9.17, 15) is 13.2 Å². The number of carbonyl (C=O) groups is 1. The number of nitriles is 1. The third kappa shape index (κ3) is 5.06. The maximum absolute atomic E-state index is 12.3. The molecule has 142 valence electrons. The molecule has 0 heterocycles. The molecule has 0 saturated heterocycles. The molecule has 2 aromatic carbocycles. The van der Waals surface area contributed by atoms with Crippen molar-refractivity contribution in [2.24, 2.45) is 0 Å². The van der Waals surface area contributed by atoms with E-state index in [0.29, 0.717) is 16.9 Å². The summed E-state index contributed by atoms with van der Waals surface area (Å²) in [6, 6.07) is 12.9. The van der Waals surface area contributed by atoms with Gasteiger partial charge in [-0.15, -0.1) is 0 Å². The number of aryl methyl sites for hydroxylation is 1. The summed E-state index contributed by atoms with van der Waals surface area (Å²) in [5, 5.41) is 8.75. The van der Waals surface area contributed by atoms with Gasteiger partial charge >= 0.3 is 5.97 Å². The summed E-state index contributed by atoms with van der Waals surface area (Å²) in [6.07, 6.45) is 0. The SMILES string of the molecule is Cc1ccc(S(=O)(=O)N(C)C)cc1C(=O)OCCOc1ccc(C#N)cc1. The van der Waals surface area contributed by atoms with E-state index < -0.39 is 16.0 Å². The monoisotopic (exact) mass is 388 g/mol. The molecule has 0 amide bonds.